The molecule has 132 valence electrons. The molecule has 1 fully saturated rings. The summed E-state index contributed by atoms with van der Waals surface area (Å²) in [5, 5.41) is 0. The molecule has 0 saturated heterocycles. The Morgan fingerprint density at radius 2 is 2.12 bits per heavy atom. The van der Waals surface area contributed by atoms with Crippen LogP contribution in [0, 0.1) is 5.92 Å². The molecule has 1 saturated carbocycles. The lowest BCUT2D eigenvalue weighted by molar-refractivity contribution is -0.132. The topological polar surface area (TPSA) is 45.9 Å². The van der Waals surface area contributed by atoms with Gasteiger partial charge < -0.3 is 19.0 Å². The van der Waals surface area contributed by atoms with Crippen molar-refractivity contribution in [2.24, 2.45) is 5.92 Å². The minimum absolute atomic E-state index is 0.00962. The molecule has 0 N–H and O–H groups in total. The molecule has 0 spiro atoms. The van der Waals surface area contributed by atoms with Crippen LogP contribution in [-0.2, 0) is 4.79 Å². The largest absolute Gasteiger partial charge is 0.485 e. The van der Waals surface area contributed by atoms with Gasteiger partial charge in [-0.3, -0.25) is 4.79 Å². The van der Waals surface area contributed by atoms with E-state index in [2.05, 4.69) is 17.9 Å². The van der Waals surface area contributed by atoms with E-state index in [0.29, 0.717) is 6.54 Å². The van der Waals surface area contributed by atoms with Crippen molar-refractivity contribution in [2.45, 2.75) is 25.4 Å². The summed E-state index contributed by atoms with van der Waals surface area (Å²) >= 11 is 0. The van der Waals surface area contributed by atoms with Crippen molar-refractivity contribution in [3.05, 3.63) is 48.4 Å². The highest BCUT2D eigenvalue weighted by Crippen LogP contribution is 2.48. The first-order valence-electron chi connectivity index (χ1n) is 8.96. The monoisotopic (exact) mass is 340 g/mol. The molecule has 0 bridgehead atoms. The number of anilines is 1. The van der Waals surface area contributed by atoms with E-state index in [-0.39, 0.29) is 23.8 Å². The molecule has 1 amide bonds. The van der Waals surface area contributed by atoms with E-state index in [1.54, 1.807) is 6.26 Å². The van der Waals surface area contributed by atoms with Gasteiger partial charge in [0.2, 0.25) is 5.91 Å². The zero-order chi connectivity index (χ0) is 17.4. The molecule has 1 aliphatic carbocycles. The van der Waals surface area contributed by atoms with E-state index in [1.807, 2.05) is 42.3 Å². The normalized spacial score (nSPS) is 24.4. The quantitative estimate of drug-likeness (QED) is 0.839. The summed E-state index contributed by atoms with van der Waals surface area (Å²) < 4.78 is 11.6. The number of ether oxygens (including phenoxy) is 1. The van der Waals surface area contributed by atoms with E-state index in [0.717, 1.165) is 36.7 Å². The minimum Gasteiger partial charge on any atom is -0.485 e. The minimum atomic E-state index is -0.00962. The fraction of sp³-hybridized carbons (Fsp3) is 0.450. The van der Waals surface area contributed by atoms with Crippen molar-refractivity contribution in [2.75, 3.05) is 31.6 Å². The van der Waals surface area contributed by atoms with Crippen molar-refractivity contribution >= 4 is 11.6 Å². The number of hydrogen-bond acceptors (Lipinski definition) is 4. The Labute approximate surface area is 148 Å². The van der Waals surface area contributed by atoms with Crippen molar-refractivity contribution in [3.8, 4) is 5.75 Å². The first-order valence-corrected chi connectivity index (χ1v) is 8.96. The fourth-order valence-corrected chi connectivity index (χ4v) is 3.74. The number of fused-ring (bicyclic) bond motifs is 1. The van der Waals surface area contributed by atoms with Crippen LogP contribution >= 0.6 is 0 Å². The van der Waals surface area contributed by atoms with Gasteiger partial charge in [0.25, 0.3) is 0 Å². The molecule has 1 aromatic heterocycles. The lowest BCUT2D eigenvalue weighted by atomic mass is 10.1. The maximum atomic E-state index is 12.7. The van der Waals surface area contributed by atoms with Gasteiger partial charge in [0.1, 0.15) is 17.6 Å². The van der Waals surface area contributed by atoms with E-state index in [1.165, 1.54) is 0 Å². The van der Waals surface area contributed by atoms with Crippen LogP contribution in [0.5, 0.6) is 5.75 Å². The number of likely N-dealkylation sites (N-methyl/N-ethyl adjacent to an activating group) is 2. The van der Waals surface area contributed by atoms with Crippen LogP contribution in [-0.4, -0.2) is 43.6 Å². The second-order valence-electron chi connectivity index (χ2n) is 6.93. The van der Waals surface area contributed by atoms with E-state index in [4.69, 9.17) is 9.15 Å². The third-order valence-electron chi connectivity index (χ3n) is 5.18. The summed E-state index contributed by atoms with van der Waals surface area (Å²) in [5.41, 5.74) is 1.13. The summed E-state index contributed by atoms with van der Waals surface area (Å²) in [4.78, 5) is 16.8. The number of benzene rings is 1. The van der Waals surface area contributed by atoms with Gasteiger partial charge in [-0.15, -0.1) is 0 Å². The molecule has 5 nitrogen and oxygen atoms in total. The Kier molecular flexibility index (Phi) is 4.15. The van der Waals surface area contributed by atoms with Gasteiger partial charge in [0, 0.05) is 25.4 Å². The maximum Gasteiger partial charge on any atom is 0.226 e. The van der Waals surface area contributed by atoms with E-state index < -0.39 is 0 Å². The third-order valence-corrected chi connectivity index (χ3v) is 5.18. The first kappa shape index (κ1) is 16.1. The number of para-hydroxylation sites is 2. The van der Waals surface area contributed by atoms with Crippen LogP contribution in [0.4, 0.5) is 5.69 Å². The molecular weight excluding hydrogens is 316 g/mol. The van der Waals surface area contributed by atoms with Crippen LogP contribution in [0.2, 0.25) is 0 Å². The van der Waals surface area contributed by atoms with Crippen LogP contribution < -0.4 is 9.64 Å². The zero-order valence-corrected chi connectivity index (χ0v) is 14.7. The molecule has 2 aromatic rings. The van der Waals surface area contributed by atoms with Gasteiger partial charge in [0.15, 0.2) is 0 Å². The molecule has 5 heteroatoms. The molecule has 0 radical (unpaired) electrons. The Hall–Kier alpha value is -2.43. The highest BCUT2D eigenvalue weighted by atomic mass is 16.5. The first-order chi connectivity index (χ1) is 12.2. The number of carbonyl (C=O) groups is 1. The molecule has 1 aliphatic heterocycles. The molecule has 25 heavy (non-hydrogen) atoms. The summed E-state index contributed by atoms with van der Waals surface area (Å²) in [5.74, 6) is 2.30. The second kappa shape index (κ2) is 6.47. The van der Waals surface area contributed by atoms with Crippen molar-refractivity contribution in [1.29, 1.82) is 0 Å². The third kappa shape index (κ3) is 3.11. The SMILES string of the molecule is CCN1C[C@H](CN(C)C(=O)[C@H]2C[C@@H]2c2ccco2)Oc2ccccc21. The summed E-state index contributed by atoms with van der Waals surface area (Å²) in [6.07, 6.45) is 2.54. The average Bonchev–Trinajstić information content (AvgIpc) is 3.24. The molecule has 4 rings (SSSR count). The number of carbonyl (C=O) groups excluding carboxylic acids is 1. The molecular formula is C20H24N2O3. The summed E-state index contributed by atoms with van der Waals surface area (Å²) in [6.45, 7) is 4.48. The van der Waals surface area contributed by atoms with E-state index >= 15 is 0 Å². The summed E-state index contributed by atoms with van der Waals surface area (Å²) in [7, 11) is 1.88. The highest BCUT2D eigenvalue weighted by Gasteiger charge is 2.47. The number of rotatable bonds is 5. The van der Waals surface area contributed by atoms with Gasteiger partial charge in [-0.1, -0.05) is 12.1 Å². The molecule has 2 heterocycles. The number of furan rings is 1. The van der Waals surface area contributed by atoms with Crippen LogP contribution in [0.3, 0.4) is 0 Å². The van der Waals surface area contributed by atoms with Gasteiger partial charge in [-0.05, 0) is 37.6 Å². The predicted molar refractivity (Wildman–Crippen MR) is 95.9 cm³/mol. The van der Waals surface area contributed by atoms with Crippen LogP contribution in [0.1, 0.15) is 25.0 Å². The van der Waals surface area contributed by atoms with Gasteiger partial charge >= 0.3 is 0 Å². The second-order valence-corrected chi connectivity index (χ2v) is 6.93. The molecule has 0 unspecified atom stereocenters. The number of nitrogens with zero attached hydrogens (tertiary/aromatic N) is 2. The Bertz CT molecular complexity index is 743. The van der Waals surface area contributed by atoms with Crippen LogP contribution in [0.15, 0.2) is 47.1 Å². The zero-order valence-electron chi connectivity index (χ0n) is 14.7. The molecule has 2 aliphatic rings. The van der Waals surface area contributed by atoms with Crippen molar-refractivity contribution in [1.82, 2.24) is 4.90 Å². The van der Waals surface area contributed by atoms with E-state index in [9.17, 15) is 4.79 Å². The molecule has 3 atom stereocenters. The van der Waals surface area contributed by atoms with Crippen molar-refractivity contribution < 1.29 is 13.9 Å². The Morgan fingerprint density at radius 1 is 1.28 bits per heavy atom. The predicted octanol–water partition coefficient (Wildman–Crippen LogP) is 3.13. The van der Waals surface area contributed by atoms with Gasteiger partial charge in [0.05, 0.1) is 25.0 Å². The Balaban J connectivity index is 1.38. The number of hydrogen-bond donors (Lipinski definition) is 0. The lowest BCUT2D eigenvalue weighted by Crippen LogP contribution is -2.47. The smallest absolute Gasteiger partial charge is 0.226 e. The number of amides is 1. The highest BCUT2D eigenvalue weighted by molar-refractivity contribution is 5.82. The van der Waals surface area contributed by atoms with Gasteiger partial charge in [-0.2, -0.15) is 0 Å². The average molecular weight is 340 g/mol. The van der Waals surface area contributed by atoms with Crippen LogP contribution in [0.25, 0.3) is 0 Å². The summed E-state index contributed by atoms with van der Waals surface area (Å²) in [6, 6.07) is 11.9. The van der Waals surface area contributed by atoms with Gasteiger partial charge in [-0.25, -0.2) is 0 Å². The molecule has 1 aromatic carbocycles. The van der Waals surface area contributed by atoms with Crippen molar-refractivity contribution in [3.63, 3.8) is 0 Å². The standard InChI is InChI=1S/C20H24N2O3/c1-3-22-13-14(25-19-8-5-4-7-17(19)22)12-21(2)20(23)16-11-15(16)18-9-6-10-24-18/h4-10,14-16H,3,11-13H2,1-2H3/t14-,15-,16-/m0/s1. The lowest BCUT2D eigenvalue weighted by Gasteiger charge is -2.37. The Morgan fingerprint density at radius 3 is 2.88 bits per heavy atom. The maximum absolute atomic E-state index is 12.7. The fourth-order valence-electron chi connectivity index (χ4n) is 3.74.